The molecule has 2 amide bonds. The summed E-state index contributed by atoms with van der Waals surface area (Å²) in [5.41, 5.74) is 1.58. The predicted octanol–water partition coefficient (Wildman–Crippen LogP) is 3.32. The van der Waals surface area contributed by atoms with Crippen molar-refractivity contribution in [1.29, 1.82) is 0 Å². The van der Waals surface area contributed by atoms with Gasteiger partial charge in [-0.05, 0) is 49.2 Å². The Balaban J connectivity index is 1.48. The first-order valence-corrected chi connectivity index (χ1v) is 8.70. The number of hydrogen-bond donors (Lipinski definition) is 1. The van der Waals surface area contributed by atoms with E-state index in [9.17, 15) is 9.59 Å². The number of piperidine rings is 1. The molecule has 1 fully saturated rings. The van der Waals surface area contributed by atoms with Gasteiger partial charge in [0.05, 0.1) is 23.4 Å². The topological polar surface area (TPSA) is 75.4 Å². The summed E-state index contributed by atoms with van der Waals surface area (Å²) in [5, 5.41) is 3.91. The molecular formula is C20H19N3O3. The maximum Gasteiger partial charge on any atom is 0.289 e. The number of pyridine rings is 1. The molecule has 0 saturated carbocycles. The number of fused-ring (bicyclic) bond motifs is 1. The van der Waals surface area contributed by atoms with Crippen molar-refractivity contribution in [3.05, 3.63) is 60.7 Å². The van der Waals surface area contributed by atoms with Crippen LogP contribution in [0.2, 0.25) is 0 Å². The van der Waals surface area contributed by atoms with E-state index in [1.54, 1.807) is 23.2 Å². The van der Waals surface area contributed by atoms with Crippen LogP contribution in [0.3, 0.4) is 0 Å². The first kappa shape index (κ1) is 16.3. The molecule has 132 valence electrons. The molecule has 1 saturated heterocycles. The molecule has 4 rings (SSSR count). The standard InChI is InChI=1S/C20H19N3O3/c24-19(22-17-8-1-7-16-15(17)6-2-10-21-16)14-5-3-11-23(13-14)20(25)18-9-4-12-26-18/h1-2,4,6-10,12,14H,3,5,11,13H2,(H,22,24)/t14-/m1/s1. The molecule has 0 aliphatic carbocycles. The number of furan rings is 1. The van der Waals surface area contributed by atoms with Crippen LogP contribution >= 0.6 is 0 Å². The summed E-state index contributed by atoms with van der Waals surface area (Å²) in [4.78, 5) is 31.2. The molecule has 3 heterocycles. The molecule has 6 heteroatoms. The molecule has 6 nitrogen and oxygen atoms in total. The summed E-state index contributed by atoms with van der Waals surface area (Å²) >= 11 is 0. The fourth-order valence-electron chi connectivity index (χ4n) is 3.38. The molecule has 1 atom stereocenters. The molecule has 0 radical (unpaired) electrons. The number of anilines is 1. The fourth-order valence-corrected chi connectivity index (χ4v) is 3.38. The van der Waals surface area contributed by atoms with Gasteiger partial charge in [-0.15, -0.1) is 0 Å². The molecule has 1 aliphatic rings. The molecule has 1 aliphatic heterocycles. The van der Waals surface area contributed by atoms with Crippen molar-refractivity contribution in [2.75, 3.05) is 18.4 Å². The molecule has 0 unspecified atom stereocenters. The van der Waals surface area contributed by atoms with Crippen molar-refractivity contribution in [3.63, 3.8) is 0 Å². The number of amides is 2. The molecule has 26 heavy (non-hydrogen) atoms. The van der Waals surface area contributed by atoms with Crippen molar-refractivity contribution in [3.8, 4) is 0 Å². The largest absolute Gasteiger partial charge is 0.459 e. The minimum absolute atomic E-state index is 0.0710. The van der Waals surface area contributed by atoms with Gasteiger partial charge in [0.25, 0.3) is 5.91 Å². The van der Waals surface area contributed by atoms with Gasteiger partial charge >= 0.3 is 0 Å². The van der Waals surface area contributed by atoms with Gasteiger partial charge in [0.1, 0.15) is 0 Å². The zero-order chi connectivity index (χ0) is 17.9. The minimum Gasteiger partial charge on any atom is -0.459 e. The van der Waals surface area contributed by atoms with Crippen LogP contribution in [0.15, 0.2) is 59.3 Å². The van der Waals surface area contributed by atoms with E-state index in [-0.39, 0.29) is 17.7 Å². The zero-order valence-corrected chi connectivity index (χ0v) is 14.2. The van der Waals surface area contributed by atoms with Crippen molar-refractivity contribution in [1.82, 2.24) is 9.88 Å². The Kier molecular flexibility index (Phi) is 4.39. The van der Waals surface area contributed by atoms with Crippen LogP contribution in [-0.2, 0) is 4.79 Å². The second-order valence-electron chi connectivity index (χ2n) is 6.43. The Morgan fingerprint density at radius 2 is 2.08 bits per heavy atom. The van der Waals surface area contributed by atoms with Crippen LogP contribution in [0.4, 0.5) is 5.69 Å². The molecule has 0 spiro atoms. The van der Waals surface area contributed by atoms with E-state index in [2.05, 4.69) is 10.3 Å². The van der Waals surface area contributed by atoms with Crippen molar-refractivity contribution in [2.24, 2.45) is 5.92 Å². The first-order chi connectivity index (χ1) is 12.7. The second kappa shape index (κ2) is 7.00. The van der Waals surface area contributed by atoms with E-state index in [1.165, 1.54) is 6.26 Å². The van der Waals surface area contributed by atoms with Crippen LogP contribution in [0.1, 0.15) is 23.4 Å². The van der Waals surface area contributed by atoms with E-state index in [0.717, 1.165) is 29.4 Å². The zero-order valence-electron chi connectivity index (χ0n) is 14.2. The van der Waals surface area contributed by atoms with Crippen LogP contribution < -0.4 is 5.32 Å². The Labute approximate surface area is 150 Å². The van der Waals surface area contributed by atoms with E-state index >= 15 is 0 Å². The third-order valence-electron chi connectivity index (χ3n) is 4.71. The monoisotopic (exact) mass is 349 g/mol. The number of hydrogen-bond acceptors (Lipinski definition) is 4. The van der Waals surface area contributed by atoms with Gasteiger partial charge in [-0.2, -0.15) is 0 Å². The normalized spacial score (nSPS) is 17.2. The maximum atomic E-state index is 12.8. The molecule has 3 aromatic rings. The van der Waals surface area contributed by atoms with E-state index in [4.69, 9.17) is 4.42 Å². The highest BCUT2D eigenvalue weighted by molar-refractivity contribution is 6.02. The van der Waals surface area contributed by atoms with Gasteiger partial charge in [-0.25, -0.2) is 0 Å². The van der Waals surface area contributed by atoms with Gasteiger partial charge in [0.2, 0.25) is 5.91 Å². The lowest BCUT2D eigenvalue weighted by Gasteiger charge is -2.31. The van der Waals surface area contributed by atoms with E-state index < -0.39 is 0 Å². The maximum absolute atomic E-state index is 12.8. The number of benzene rings is 1. The summed E-state index contributed by atoms with van der Waals surface area (Å²) in [7, 11) is 0. The number of aromatic nitrogens is 1. The summed E-state index contributed by atoms with van der Waals surface area (Å²) in [5.74, 6) is -0.166. The molecule has 0 bridgehead atoms. The van der Waals surface area contributed by atoms with Gasteiger partial charge in [0.15, 0.2) is 5.76 Å². The lowest BCUT2D eigenvalue weighted by atomic mass is 9.96. The highest BCUT2D eigenvalue weighted by Gasteiger charge is 2.30. The molecular weight excluding hydrogens is 330 g/mol. The number of carbonyl (C=O) groups excluding carboxylic acids is 2. The summed E-state index contributed by atoms with van der Waals surface area (Å²) in [6.07, 6.45) is 4.77. The average Bonchev–Trinajstić information content (AvgIpc) is 3.22. The molecule has 1 N–H and O–H groups in total. The van der Waals surface area contributed by atoms with Crippen LogP contribution in [0.5, 0.6) is 0 Å². The smallest absolute Gasteiger partial charge is 0.289 e. The number of nitrogens with one attached hydrogen (secondary N) is 1. The van der Waals surface area contributed by atoms with Crippen molar-refractivity contribution in [2.45, 2.75) is 12.8 Å². The lowest BCUT2D eigenvalue weighted by Crippen LogP contribution is -2.43. The van der Waals surface area contributed by atoms with Gasteiger partial charge in [0, 0.05) is 24.7 Å². The van der Waals surface area contributed by atoms with Crippen LogP contribution in [0, 0.1) is 5.92 Å². The quantitative estimate of drug-likeness (QED) is 0.787. The summed E-state index contributed by atoms with van der Waals surface area (Å²) in [6.45, 7) is 1.04. The number of rotatable bonds is 3. The Morgan fingerprint density at radius 3 is 2.92 bits per heavy atom. The van der Waals surface area contributed by atoms with E-state index in [0.29, 0.717) is 18.8 Å². The number of carbonyl (C=O) groups is 2. The third kappa shape index (κ3) is 3.18. The number of likely N-dealkylation sites (tertiary alicyclic amines) is 1. The van der Waals surface area contributed by atoms with Crippen LogP contribution in [-0.4, -0.2) is 34.8 Å². The van der Waals surface area contributed by atoms with Crippen molar-refractivity contribution < 1.29 is 14.0 Å². The number of nitrogens with zero attached hydrogens (tertiary/aromatic N) is 2. The Hall–Kier alpha value is -3.15. The minimum atomic E-state index is -0.241. The molecule has 1 aromatic carbocycles. The summed E-state index contributed by atoms with van der Waals surface area (Å²) in [6, 6.07) is 12.8. The predicted molar refractivity (Wildman–Crippen MR) is 97.7 cm³/mol. The fraction of sp³-hybridized carbons (Fsp3) is 0.250. The van der Waals surface area contributed by atoms with Gasteiger partial charge in [-0.1, -0.05) is 6.07 Å². The Bertz CT molecular complexity index is 931. The van der Waals surface area contributed by atoms with Gasteiger partial charge < -0.3 is 14.6 Å². The average molecular weight is 349 g/mol. The Morgan fingerprint density at radius 1 is 1.15 bits per heavy atom. The molecule has 2 aromatic heterocycles. The second-order valence-corrected chi connectivity index (χ2v) is 6.43. The first-order valence-electron chi connectivity index (χ1n) is 8.70. The van der Waals surface area contributed by atoms with Crippen LogP contribution in [0.25, 0.3) is 10.9 Å². The van der Waals surface area contributed by atoms with E-state index in [1.807, 2.05) is 30.3 Å². The lowest BCUT2D eigenvalue weighted by molar-refractivity contribution is -0.121. The summed E-state index contributed by atoms with van der Waals surface area (Å²) < 4.78 is 5.19. The SMILES string of the molecule is O=C(Nc1cccc2ncccc12)[C@@H]1CCCN(C(=O)c2ccco2)C1. The van der Waals surface area contributed by atoms with Crippen molar-refractivity contribution >= 4 is 28.4 Å². The third-order valence-corrected chi connectivity index (χ3v) is 4.71. The van der Waals surface area contributed by atoms with Gasteiger partial charge in [-0.3, -0.25) is 14.6 Å². The highest BCUT2D eigenvalue weighted by Crippen LogP contribution is 2.24. The highest BCUT2D eigenvalue weighted by atomic mass is 16.3.